The van der Waals surface area contributed by atoms with Crippen molar-refractivity contribution in [2.24, 2.45) is 5.73 Å². The average Bonchev–Trinajstić information content (AvgIpc) is 2.27. The number of carbonyl (C=O) groups is 1. The van der Waals surface area contributed by atoms with Crippen molar-refractivity contribution in [2.45, 2.75) is 17.7 Å². The Morgan fingerprint density at radius 2 is 1.88 bits per heavy atom. The molecular weight excluding hydrogens is 230 g/mol. The first-order chi connectivity index (χ1) is 7.56. The summed E-state index contributed by atoms with van der Waals surface area (Å²) in [6.07, 6.45) is 0.408. The van der Waals surface area contributed by atoms with Crippen LogP contribution in [-0.4, -0.2) is 20.9 Å². The third-order valence-electron chi connectivity index (χ3n) is 1.82. The molecular formula is C10H13NO4S. The van der Waals surface area contributed by atoms with E-state index in [9.17, 15) is 13.2 Å². The van der Waals surface area contributed by atoms with Crippen LogP contribution in [-0.2, 0) is 19.1 Å². The molecule has 0 bridgehead atoms. The normalized spacial score (nSPS) is 11.1. The Morgan fingerprint density at radius 1 is 1.25 bits per heavy atom. The van der Waals surface area contributed by atoms with Gasteiger partial charge in [-0.1, -0.05) is 18.2 Å². The summed E-state index contributed by atoms with van der Waals surface area (Å²) in [7, 11) is -3.98. The zero-order valence-corrected chi connectivity index (χ0v) is 9.44. The predicted octanol–water partition coefficient (Wildman–Crippen LogP) is 0.657. The van der Waals surface area contributed by atoms with Gasteiger partial charge in [0.25, 0.3) is 0 Å². The van der Waals surface area contributed by atoms with Gasteiger partial charge in [-0.2, -0.15) is 8.42 Å². The maximum atomic E-state index is 11.5. The van der Waals surface area contributed by atoms with E-state index in [1.165, 1.54) is 12.1 Å². The summed E-state index contributed by atoms with van der Waals surface area (Å²) in [5.41, 5.74) is 5.19. The van der Waals surface area contributed by atoms with Gasteiger partial charge in [0.1, 0.15) is 4.90 Å². The average molecular weight is 243 g/mol. The molecule has 16 heavy (non-hydrogen) atoms. The smallest absolute Gasteiger partial charge is 0.341 e. The van der Waals surface area contributed by atoms with E-state index in [1.54, 1.807) is 18.2 Å². The van der Waals surface area contributed by atoms with Crippen LogP contribution >= 0.6 is 0 Å². The van der Waals surface area contributed by atoms with Crippen LogP contribution in [0.1, 0.15) is 12.8 Å². The van der Waals surface area contributed by atoms with Gasteiger partial charge in [-0.15, -0.1) is 0 Å². The molecule has 0 amide bonds. The van der Waals surface area contributed by atoms with E-state index in [2.05, 4.69) is 4.18 Å². The first-order valence-electron chi connectivity index (χ1n) is 4.78. The van der Waals surface area contributed by atoms with E-state index in [0.717, 1.165) is 0 Å². The minimum Gasteiger partial charge on any atom is -0.342 e. The van der Waals surface area contributed by atoms with Gasteiger partial charge in [0, 0.05) is 6.42 Å². The molecule has 0 aliphatic heterocycles. The van der Waals surface area contributed by atoms with Gasteiger partial charge in [-0.05, 0) is 25.1 Å². The number of benzene rings is 1. The second-order valence-corrected chi connectivity index (χ2v) is 4.66. The molecule has 1 aromatic rings. The Balaban J connectivity index is 2.70. The molecule has 88 valence electrons. The zero-order valence-electron chi connectivity index (χ0n) is 8.63. The van der Waals surface area contributed by atoms with Crippen LogP contribution in [0.3, 0.4) is 0 Å². The van der Waals surface area contributed by atoms with E-state index in [1.807, 2.05) is 0 Å². The summed E-state index contributed by atoms with van der Waals surface area (Å²) in [5, 5.41) is 0. The largest absolute Gasteiger partial charge is 0.342 e. The van der Waals surface area contributed by atoms with E-state index >= 15 is 0 Å². The fourth-order valence-electron chi connectivity index (χ4n) is 1.05. The Kier molecular flexibility index (Phi) is 4.45. The molecule has 0 radical (unpaired) electrons. The number of hydrogen-bond donors (Lipinski definition) is 1. The van der Waals surface area contributed by atoms with Crippen molar-refractivity contribution in [3.63, 3.8) is 0 Å². The summed E-state index contributed by atoms with van der Waals surface area (Å²) >= 11 is 0. The number of nitrogens with two attached hydrogens (primary N) is 1. The van der Waals surface area contributed by atoms with Gasteiger partial charge in [0.15, 0.2) is 0 Å². The minimum absolute atomic E-state index is 0.00254. The maximum absolute atomic E-state index is 11.5. The number of carbonyl (C=O) groups excluding carboxylic acids is 1. The standard InChI is InChI=1S/C10H13NO4S/c11-8-4-7-10(12)15-16(13,14)9-5-2-1-3-6-9/h1-3,5-6H,4,7-8,11H2. The molecule has 0 fully saturated rings. The fourth-order valence-corrected chi connectivity index (χ4v) is 1.96. The lowest BCUT2D eigenvalue weighted by molar-refractivity contribution is -0.133. The summed E-state index contributed by atoms with van der Waals surface area (Å²) in [6, 6.07) is 7.52. The molecule has 1 rings (SSSR count). The molecule has 0 saturated heterocycles. The van der Waals surface area contributed by atoms with Crippen molar-refractivity contribution in [1.29, 1.82) is 0 Å². The van der Waals surface area contributed by atoms with Gasteiger partial charge in [-0.25, -0.2) is 0 Å². The molecule has 2 N–H and O–H groups in total. The minimum atomic E-state index is -3.98. The van der Waals surface area contributed by atoms with Crippen molar-refractivity contribution in [2.75, 3.05) is 6.54 Å². The lowest BCUT2D eigenvalue weighted by Crippen LogP contribution is -2.14. The van der Waals surface area contributed by atoms with Gasteiger partial charge in [0.05, 0.1) is 0 Å². The molecule has 0 aromatic heterocycles. The monoisotopic (exact) mass is 243 g/mol. The van der Waals surface area contributed by atoms with Gasteiger partial charge < -0.3 is 9.92 Å². The van der Waals surface area contributed by atoms with Crippen LogP contribution in [0.25, 0.3) is 0 Å². The van der Waals surface area contributed by atoms with Crippen LogP contribution in [0.15, 0.2) is 35.2 Å². The highest BCUT2D eigenvalue weighted by molar-refractivity contribution is 7.87. The summed E-state index contributed by atoms with van der Waals surface area (Å²) in [4.78, 5) is 11.1. The Hall–Kier alpha value is -1.40. The zero-order chi connectivity index (χ0) is 12.0. The van der Waals surface area contributed by atoms with Crippen LogP contribution in [0.4, 0.5) is 0 Å². The Bertz CT molecular complexity index is 441. The van der Waals surface area contributed by atoms with Crippen LogP contribution in [0.5, 0.6) is 0 Å². The first-order valence-corrected chi connectivity index (χ1v) is 6.19. The maximum Gasteiger partial charge on any atom is 0.341 e. The van der Waals surface area contributed by atoms with Crippen molar-refractivity contribution < 1.29 is 17.4 Å². The van der Waals surface area contributed by atoms with Crippen LogP contribution in [0, 0.1) is 0 Å². The molecule has 0 aliphatic rings. The Labute approximate surface area is 94.3 Å². The van der Waals surface area contributed by atoms with Crippen LogP contribution in [0.2, 0.25) is 0 Å². The van der Waals surface area contributed by atoms with Gasteiger partial charge in [-0.3, -0.25) is 4.79 Å². The Morgan fingerprint density at radius 3 is 2.44 bits per heavy atom. The lowest BCUT2D eigenvalue weighted by atomic mass is 10.3. The van der Waals surface area contributed by atoms with Crippen molar-refractivity contribution in [3.8, 4) is 0 Å². The van der Waals surface area contributed by atoms with Crippen molar-refractivity contribution >= 4 is 16.1 Å². The third kappa shape index (κ3) is 3.63. The third-order valence-corrected chi connectivity index (χ3v) is 3.07. The molecule has 0 aliphatic carbocycles. The highest BCUT2D eigenvalue weighted by Gasteiger charge is 2.18. The lowest BCUT2D eigenvalue weighted by Gasteiger charge is -2.04. The molecule has 0 unspecified atom stereocenters. The highest BCUT2D eigenvalue weighted by Crippen LogP contribution is 2.12. The van der Waals surface area contributed by atoms with Crippen molar-refractivity contribution in [3.05, 3.63) is 30.3 Å². The summed E-state index contributed by atoms with van der Waals surface area (Å²) in [5.74, 6) is -0.783. The van der Waals surface area contributed by atoms with Crippen LogP contribution < -0.4 is 5.73 Å². The number of rotatable bonds is 5. The van der Waals surface area contributed by atoms with Gasteiger partial charge in [0.2, 0.25) is 0 Å². The first kappa shape index (κ1) is 12.7. The second-order valence-electron chi connectivity index (χ2n) is 3.11. The van der Waals surface area contributed by atoms with E-state index in [-0.39, 0.29) is 11.3 Å². The van der Waals surface area contributed by atoms with Gasteiger partial charge >= 0.3 is 16.1 Å². The summed E-state index contributed by atoms with van der Waals surface area (Å²) < 4.78 is 27.5. The topological polar surface area (TPSA) is 86.5 Å². The second kappa shape index (κ2) is 5.62. The molecule has 0 saturated carbocycles. The molecule has 0 atom stereocenters. The van der Waals surface area contributed by atoms with Crippen molar-refractivity contribution in [1.82, 2.24) is 0 Å². The molecule has 6 heteroatoms. The van der Waals surface area contributed by atoms with E-state index < -0.39 is 16.1 Å². The van der Waals surface area contributed by atoms with E-state index in [0.29, 0.717) is 13.0 Å². The fraction of sp³-hybridized carbons (Fsp3) is 0.300. The number of hydrogen-bond acceptors (Lipinski definition) is 5. The highest BCUT2D eigenvalue weighted by atomic mass is 32.2. The molecule has 1 aromatic carbocycles. The predicted molar refractivity (Wildman–Crippen MR) is 58.0 cm³/mol. The molecule has 0 heterocycles. The summed E-state index contributed by atoms with van der Waals surface area (Å²) in [6.45, 7) is 0.320. The SMILES string of the molecule is NCCCC(=O)OS(=O)(=O)c1ccccc1. The van der Waals surface area contributed by atoms with E-state index in [4.69, 9.17) is 5.73 Å². The quantitative estimate of drug-likeness (QED) is 0.767. The molecule has 0 spiro atoms. The molecule has 5 nitrogen and oxygen atoms in total.